The SMILES string of the molecule is COc1ccc(C2CN(C)CC23CCN(C(=O)[C@H](NC(=O)c2cc(C(F)(F)F)ccc2F)C(C)C)CC3)cc1. The van der Waals surface area contributed by atoms with E-state index in [0.717, 1.165) is 31.7 Å². The number of hydrogen-bond acceptors (Lipinski definition) is 4. The first-order valence-electron chi connectivity index (χ1n) is 13.1. The van der Waals surface area contributed by atoms with E-state index in [0.29, 0.717) is 37.2 Å². The van der Waals surface area contributed by atoms with Crippen molar-refractivity contribution in [1.82, 2.24) is 15.1 Å². The van der Waals surface area contributed by atoms with Gasteiger partial charge < -0.3 is 19.9 Å². The minimum Gasteiger partial charge on any atom is -0.497 e. The van der Waals surface area contributed by atoms with E-state index in [-0.39, 0.29) is 17.2 Å². The molecular formula is C29H35F4N3O3. The average molecular weight is 550 g/mol. The molecule has 2 aliphatic heterocycles. The standard InChI is InChI=1S/C29H35F4N3O3/c1-18(2)25(34-26(37)22-15-20(29(31,32)33)7-10-24(22)30)27(38)36-13-11-28(12-14-36)17-35(3)16-23(28)19-5-8-21(39-4)9-6-19/h5-10,15,18,23,25H,11-14,16-17H2,1-4H3,(H,34,37)/t23?,25-/m1/s1. The van der Waals surface area contributed by atoms with Crippen LogP contribution < -0.4 is 10.1 Å². The molecule has 1 unspecified atom stereocenters. The largest absolute Gasteiger partial charge is 0.497 e. The number of halogens is 4. The van der Waals surface area contributed by atoms with E-state index < -0.39 is 35.1 Å². The second-order valence-electron chi connectivity index (χ2n) is 11.1. The number of ether oxygens (including phenoxy) is 1. The Labute approximate surface area is 226 Å². The Morgan fingerprint density at radius 2 is 1.72 bits per heavy atom. The van der Waals surface area contributed by atoms with E-state index in [1.54, 1.807) is 25.9 Å². The number of likely N-dealkylation sites (tertiary alicyclic amines) is 2. The van der Waals surface area contributed by atoms with Gasteiger partial charge in [-0.3, -0.25) is 9.59 Å². The van der Waals surface area contributed by atoms with E-state index in [4.69, 9.17) is 4.74 Å². The highest BCUT2D eigenvalue weighted by Gasteiger charge is 2.48. The molecule has 6 nitrogen and oxygen atoms in total. The minimum absolute atomic E-state index is 0.00213. The maximum atomic E-state index is 14.3. The van der Waals surface area contributed by atoms with E-state index in [9.17, 15) is 27.2 Å². The third-order valence-electron chi connectivity index (χ3n) is 8.16. The van der Waals surface area contributed by atoms with Crippen molar-refractivity contribution in [3.8, 4) is 5.75 Å². The van der Waals surface area contributed by atoms with Crippen molar-refractivity contribution < 1.29 is 31.9 Å². The molecule has 4 rings (SSSR count). The molecule has 2 aliphatic rings. The molecule has 1 spiro atoms. The van der Waals surface area contributed by atoms with Gasteiger partial charge in [-0.25, -0.2) is 4.39 Å². The molecule has 2 aromatic carbocycles. The lowest BCUT2D eigenvalue weighted by molar-refractivity contribution is -0.138. The summed E-state index contributed by atoms with van der Waals surface area (Å²) in [7, 11) is 3.73. The fourth-order valence-corrected chi connectivity index (χ4v) is 6.00. The van der Waals surface area contributed by atoms with Crippen LogP contribution in [-0.4, -0.2) is 68.0 Å². The molecule has 2 saturated heterocycles. The monoisotopic (exact) mass is 549 g/mol. The number of methoxy groups -OCH3 is 1. The Hall–Kier alpha value is -3.14. The molecule has 2 atom stereocenters. The van der Waals surface area contributed by atoms with Crippen molar-refractivity contribution in [2.24, 2.45) is 11.3 Å². The van der Waals surface area contributed by atoms with Crippen LogP contribution in [0.25, 0.3) is 0 Å². The number of nitrogens with one attached hydrogen (secondary N) is 1. The number of rotatable bonds is 6. The third kappa shape index (κ3) is 6.05. The van der Waals surface area contributed by atoms with Crippen LogP contribution in [0.4, 0.5) is 17.6 Å². The predicted molar refractivity (Wildman–Crippen MR) is 139 cm³/mol. The van der Waals surface area contributed by atoms with Gasteiger partial charge in [-0.05, 0) is 67.1 Å². The van der Waals surface area contributed by atoms with Crippen LogP contribution in [0.1, 0.15) is 54.1 Å². The third-order valence-corrected chi connectivity index (χ3v) is 8.16. The van der Waals surface area contributed by atoms with Crippen molar-refractivity contribution >= 4 is 11.8 Å². The van der Waals surface area contributed by atoms with Crippen molar-refractivity contribution in [3.63, 3.8) is 0 Å². The maximum Gasteiger partial charge on any atom is 0.416 e. The summed E-state index contributed by atoms with van der Waals surface area (Å²) < 4.78 is 59.0. The van der Waals surface area contributed by atoms with Crippen LogP contribution in [0, 0.1) is 17.2 Å². The number of nitrogens with zero attached hydrogens (tertiary/aromatic N) is 2. The zero-order valence-corrected chi connectivity index (χ0v) is 22.6. The van der Waals surface area contributed by atoms with Gasteiger partial charge in [-0.1, -0.05) is 26.0 Å². The molecule has 2 aromatic rings. The lowest BCUT2D eigenvalue weighted by atomic mass is 9.68. The number of alkyl halides is 3. The summed E-state index contributed by atoms with van der Waals surface area (Å²) in [5, 5.41) is 2.51. The zero-order valence-electron chi connectivity index (χ0n) is 22.6. The van der Waals surface area contributed by atoms with E-state index in [1.165, 1.54) is 5.56 Å². The van der Waals surface area contributed by atoms with E-state index >= 15 is 0 Å². The van der Waals surface area contributed by atoms with Gasteiger partial charge in [0.1, 0.15) is 17.6 Å². The van der Waals surface area contributed by atoms with Crippen LogP contribution in [0.5, 0.6) is 5.75 Å². The molecule has 1 N–H and O–H groups in total. The number of piperidine rings is 1. The molecule has 2 heterocycles. The fraction of sp³-hybridized carbons (Fsp3) is 0.517. The van der Waals surface area contributed by atoms with Gasteiger partial charge in [0.15, 0.2) is 0 Å². The number of amides is 2. The quantitative estimate of drug-likeness (QED) is 0.519. The van der Waals surface area contributed by atoms with Gasteiger partial charge in [-0.2, -0.15) is 13.2 Å². The van der Waals surface area contributed by atoms with Crippen LogP contribution in [0.15, 0.2) is 42.5 Å². The fourth-order valence-electron chi connectivity index (χ4n) is 6.00. The average Bonchev–Trinajstić information content (AvgIpc) is 3.21. The Balaban J connectivity index is 1.47. The van der Waals surface area contributed by atoms with Crippen LogP contribution in [0.2, 0.25) is 0 Å². The van der Waals surface area contributed by atoms with Crippen LogP contribution in [-0.2, 0) is 11.0 Å². The first-order chi connectivity index (χ1) is 18.3. The summed E-state index contributed by atoms with van der Waals surface area (Å²) in [6, 6.07) is 8.80. The summed E-state index contributed by atoms with van der Waals surface area (Å²) in [4.78, 5) is 30.4. The molecule has 0 bridgehead atoms. The molecule has 0 aliphatic carbocycles. The highest BCUT2D eigenvalue weighted by atomic mass is 19.4. The Morgan fingerprint density at radius 3 is 2.28 bits per heavy atom. The summed E-state index contributed by atoms with van der Waals surface area (Å²) in [5.74, 6) is -1.69. The molecule has 0 aromatic heterocycles. The lowest BCUT2D eigenvalue weighted by Gasteiger charge is -2.44. The number of carbonyl (C=O) groups excluding carboxylic acids is 2. The summed E-state index contributed by atoms with van der Waals surface area (Å²) in [6.07, 6.45) is -3.17. The van der Waals surface area contributed by atoms with Crippen molar-refractivity contribution in [1.29, 1.82) is 0 Å². The smallest absolute Gasteiger partial charge is 0.416 e. The molecule has 0 saturated carbocycles. The summed E-state index contributed by atoms with van der Waals surface area (Å²) >= 11 is 0. The number of carbonyl (C=O) groups is 2. The zero-order chi connectivity index (χ0) is 28.5. The summed E-state index contributed by atoms with van der Waals surface area (Å²) in [5.41, 5.74) is -0.638. The van der Waals surface area contributed by atoms with E-state index in [2.05, 4.69) is 29.4 Å². The molecule has 212 valence electrons. The van der Waals surface area contributed by atoms with Crippen molar-refractivity contribution in [2.75, 3.05) is 40.3 Å². The van der Waals surface area contributed by atoms with Gasteiger partial charge in [0.2, 0.25) is 5.91 Å². The minimum atomic E-state index is -4.72. The Morgan fingerprint density at radius 1 is 1.08 bits per heavy atom. The highest BCUT2D eigenvalue weighted by molar-refractivity contribution is 5.98. The summed E-state index contributed by atoms with van der Waals surface area (Å²) in [6.45, 7) is 6.29. The molecule has 2 fully saturated rings. The number of likely N-dealkylation sites (N-methyl/N-ethyl adjacent to an activating group) is 1. The molecule has 39 heavy (non-hydrogen) atoms. The Bertz CT molecular complexity index is 1190. The molecule has 10 heteroatoms. The van der Waals surface area contributed by atoms with Crippen molar-refractivity contribution in [3.05, 3.63) is 65.0 Å². The first kappa shape index (κ1) is 28.9. The normalized spacial score (nSPS) is 20.3. The Kier molecular flexibility index (Phi) is 8.25. The van der Waals surface area contributed by atoms with Gasteiger partial charge >= 0.3 is 6.18 Å². The van der Waals surface area contributed by atoms with Gasteiger partial charge in [0.25, 0.3) is 5.91 Å². The predicted octanol–water partition coefficient (Wildman–Crippen LogP) is 4.95. The van der Waals surface area contributed by atoms with E-state index in [1.807, 2.05) is 12.1 Å². The molecule has 0 radical (unpaired) electrons. The molecular weight excluding hydrogens is 514 g/mol. The number of hydrogen-bond donors (Lipinski definition) is 1. The van der Waals surface area contributed by atoms with Gasteiger partial charge in [0, 0.05) is 32.1 Å². The van der Waals surface area contributed by atoms with Gasteiger partial charge in [0.05, 0.1) is 18.2 Å². The second-order valence-corrected chi connectivity index (χ2v) is 11.1. The number of benzene rings is 2. The molecule has 2 amide bonds. The van der Waals surface area contributed by atoms with Crippen LogP contribution in [0.3, 0.4) is 0 Å². The van der Waals surface area contributed by atoms with Crippen molar-refractivity contribution in [2.45, 2.75) is 44.8 Å². The van der Waals surface area contributed by atoms with Gasteiger partial charge in [-0.15, -0.1) is 0 Å². The first-order valence-corrected chi connectivity index (χ1v) is 13.1. The lowest BCUT2D eigenvalue weighted by Crippen LogP contribution is -2.54. The topological polar surface area (TPSA) is 61.9 Å². The van der Waals surface area contributed by atoms with Crippen LogP contribution >= 0.6 is 0 Å². The highest BCUT2D eigenvalue weighted by Crippen LogP contribution is 2.49. The second kappa shape index (κ2) is 11.2. The maximum absolute atomic E-state index is 14.3.